The average molecular weight is 447 g/mol. The van der Waals surface area contributed by atoms with Crippen LogP contribution in [-0.2, 0) is 24.3 Å². The van der Waals surface area contributed by atoms with Gasteiger partial charge in [0.1, 0.15) is 23.4 Å². The highest BCUT2D eigenvalue weighted by Crippen LogP contribution is 2.47. The Hall–Kier alpha value is -2.26. The van der Waals surface area contributed by atoms with Gasteiger partial charge in [0.15, 0.2) is 9.84 Å². The Bertz CT molecular complexity index is 1040. The Balaban J connectivity index is 1.55. The second-order valence-electron chi connectivity index (χ2n) is 8.71. The molecule has 1 saturated heterocycles. The Morgan fingerprint density at radius 3 is 2.32 bits per heavy atom. The predicted octanol–water partition coefficient (Wildman–Crippen LogP) is 2.94. The van der Waals surface area contributed by atoms with Crippen LogP contribution in [0, 0.1) is 5.92 Å². The fraction of sp³-hybridized carbons (Fsp3) is 0.435. The molecule has 31 heavy (non-hydrogen) atoms. The first-order valence-corrected chi connectivity index (χ1v) is 11.9. The first-order valence-electron chi connectivity index (χ1n) is 10.2. The summed E-state index contributed by atoms with van der Waals surface area (Å²) in [5.41, 5.74) is -2.25. The average Bonchev–Trinajstić information content (AvgIpc) is 2.74. The van der Waals surface area contributed by atoms with Crippen LogP contribution in [-0.4, -0.2) is 48.7 Å². The summed E-state index contributed by atoms with van der Waals surface area (Å²) in [6.45, 7) is 3.23. The number of rotatable bonds is 5. The lowest BCUT2D eigenvalue weighted by Crippen LogP contribution is -2.64. The third-order valence-corrected chi connectivity index (χ3v) is 8.30. The highest BCUT2D eigenvalue weighted by atomic mass is 32.2. The molecule has 2 aromatic rings. The van der Waals surface area contributed by atoms with Gasteiger partial charge in [-0.3, -0.25) is 0 Å². The molecule has 2 bridgehead atoms. The molecule has 0 amide bonds. The van der Waals surface area contributed by atoms with Gasteiger partial charge in [0, 0.05) is 0 Å². The first-order chi connectivity index (χ1) is 14.6. The van der Waals surface area contributed by atoms with E-state index in [0.29, 0.717) is 12.0 Å². The second-order valence-corrected chi connectivity index (χ2v) is 10.7. The van der Waals surface area contributed by atoms with Crippen LogP contribution in [0.1, 0.15) is 37.0 Å². The van der Waals surface area contributed by atoms with Gasteiger partial charge < -0.3 is 9.84 Å². The van der Waals surface area contributed by atoms with Crippen molar-refractivity contribution < 1.29 is 32.8 Å². The van der Waals surface area contributed by atoms with Crippen molar-refractivity contribution >= 4 is 15.8 Å². The number of hydrogen-bond donors (Lipinski definition) is 1. The van der Waals surface area contributed by atoms with Gasteiger partial charge in [-0.2, -0.15) is 0 Å². The van der Waals surface area contributed by atoms with Gasteiger partial charge in [-0.15, -0.1) is 0 Å². The van der Waals surface area contributed by atoms with Crippen LogP contribution in [0.15, 0.2) is 65.6 Å². The number of fused-ring (bicyclic) bond motifs is 2. The number of carbonyl (C=O) groups excluding carboxylic acids is 1. The molecule has 0 radical (unpaired) electrons. The Morgan fingerprint density at radius 1 is 1.06 bits per heavy atom. The van der Waals surface area contributed by atoms with Gasteiger partial charge in [-0.1, -0.05) is 36.4 Å². The van der Waals surface area contributed by atoms with Crippen molar-refractivity contribution in [2.75, 3.05) is 5.75 Å². The van der Waals surface area contributed by atoms with Crippen molar-refractivity contribution in [3.8, 4) is 0 Å². The minimum absolute atomic E-state index is 0.205. The maximum Gasteiger partial charge on any atom is 0.338 e. The van der Waals surface area contributed by atoms with Crippen molar-refractivity contribution in [3.63, 3.8) is 0 Å². The van der Waals surface area contributed by atoms with Gasteiger partial charge in [-0.05, 0) is 56.9 Å². The normalized spacial score (nSPS) is 32.9. The number of sulfone groups is 1. The van der Waals surface area contributed by atoms with E-state index in [1.165, 1.54) is 0 Å². The van der Waals surface area contributed by atoms with Crippen LogP contribution in [0.4, 0.5) is 0 Å². The van der Waals surface area contributed by atoms with Crippen LogP contribution in [0.25, 0.3) is 0 Å². The van der Waals surface area contributed by atoms with Gasteiger partial charge >= 0.3 is 5.97 Å². The maximum atomic E-state index is 13.0. The number of esters is 1. The zero-order valence-electron chi connectivity index (χ0n) is 17.4. The van der Waals surface area contributed by atoms with Gasteiger partial charge in [0.05, 0.1) is 16.2 Å². The number of benzene rings is 2. The molecule has 7 nitrogen and oxygen atoms in total. The molecule has 0 aromatic heterocycles. The molecule has 8 heteroatoms. The minimum atomic E-state index is -3.64. The summed E-state index contributed by atoms with van der Waals surface area (Å²) in [6.07, 6.45) is -0.960. The Labute approximate surface area is 181 Å². The fourth-order valence-electron chi connectivity index (χ4n) is 4.34. The van der Waals surface area contributed by atoms with E-state index in [1.54, 1.807) is 74.5 Å². The number of aliphatic hydroxyl groups is 1. The standard InChI is InChI=1S/C23H26O7S/c1-22(15-31(26,27)18-11-7-4-8-12-18)17-13-19(23(2,25)20(14-17)29-30-22)28-21(24)16-9-5-3-6-10-16/h3-12,17,19-20,25H,13-15H2,1-2H3/t17?,19-,20?,22+,23?/m1/s1. The monoisotopic (exact) mass is 446 g/mol. The van der Waals surface area contributed by atoms with Gasteiger partial charge in [0.2, 0.25) is 0 Å². The van der Waals surface area contributed by atoms with E-state index in [0.717, 1.165) is 0 Å². The zero-order chi connectivity index (χ0) is 22.3. The minimum Gasteiger partial charge on any atom is -0.456 e. The summed E-state index contributed by atoms with van der Waals surface area (Å²) < 4.78 is 31.6. The lowest BCUT2D eigenvalue weighted by molar-refractivity contribution is -0.448. The van der Waals surface area contributed by atoms with Crippen molar-refractivity contribution in [2.24, 2.45) is 5.92 Å². The number of carbonyl (C=O) groups is 1. The molecule has 4 rings (SSSR count). The van der Waals surface area contributed by atoms with Crippen LogP contribution in [0.3, 0.4) is 0 Å². The molecule has 1 aliphatic carbocycles. The number of hydrogen-bond acceptors (Lipinski definition) is 7. The van der Waals surface area contributed by atoms with E-state index in [2.05, 4.69) is 0 Å². The van der Waals surface area contributed by atoms with E-state index in [4.69, 9.17) is 14.5 Å². The maximum absolute atomic E-state index is 13.0. The topological polar surface area (TPSA) is 99.1 Å². The van der Waals surface area contributed by atoms with Crippen LogP contribution in [0.2, 0.25) is 0 Å². The number of ether oxygens (including phenoxy) is 1. The van der Waals surface area contributed by atoms with E-state index in [-0.39, 0.29) is 23.0 Å². The molecular weight excluding hydrogens is 420 g/mol. The quantitative estimate of drug-likeness (QED) is 0.557. The summed E-state index contributed by atoms with van der Waals surface area (Å²) >= 11 is 0. The molecule has 0 spiro atoms. The van der Waals surface area contributed by atoms with Crippen molar-refractivity contribution in [1.82, 2.24) is 0 Å². The molecule has 5 atom stereocenters. The van der Waals surface area contributed by atoms with E-state index >= 15 is 0 Å². The molecule has 2 fully saturated rings. The predicted molar refractivity (Wildman–Crippen MR) is 112 cm³/mol. The Morgan fingerprint density at radius 2 is 1.68 bits per heavy atom. The van der Waals surface area contributed by atoms with Crippen LogP contribution >= 0.6 is 0 Å². The molecule has 1 N–H and O–H groups in total. The third kappa shape index (κ3) is 4.25. The second kappa shape index (κ2) is 8.02. The van der Waals surface area contributed by atoms with Crippen molar-refractivity contribution in [2.45, 2.75) is 55.0 Å². The summed E-state index contributed by atoms with van der Waals surface area (Å²) in [7, 11) is -3.64. The third-order valence-electron chi connectivity index (χ3n) is 6.36. The van der Waals surface area contributed by atoms with Crippen molar-refractivity contribution in [1.29, 1.82) is 0 Å². The summed E-state index contributed by atoms with van der Waals surface area (Å²) in [5, 5.41) is 11.0. The molecule has 1 heterocycles. The molecule has 3 unspecified atom stereocenters. The lowest BCUT2D eigenvalue weighted by atomic mass is 9.69. The largest absolute Gasteiger partial charge is 0.456 e. The molecule has 1 saturated carbocycles. The molecule has 2 aliphatic rings. The molecule has 2 aromatic carbocycles. The van der Waals surface area contributed by atoms with Gasteiger partial charge in [0.25, 0.3) is 0 Å². The summed E-state index contributed by atoms with van der Waals surface area (Å²) in [5.74, 6) is -1.13. The highest BCUT2D eigenvalue weighted by molar-refractivity contribution is 7.91. The Kier molecular flexibility index (Phi) is 5.68. The highest BCUT2D eigenvalue weighted by Gasteiger charge is 2.58. The van der Waals surface area contributed by atoms with Crippen LogP contribution in [0.5, 0.6) is 0 Å². The molecule has 166 valence electrons. The smallest absolute Gasteiger partial charge is 0.338 e. The fourth-order valence-corrected chi connectivity index (χ4v) is 6.12. The lowest BCUT2D eigenvalue weighted by Gasteiger charge is -2.53. The summed E-state index contributed by atoms with van der Waals surface area (Å²) in [6, 6.07) is 16.7. The van der Waals surface area contributed by atoms with E-state index < -0.39 is 39.2 Å². The zero-order valence-corrected chi connectivity index (χ0v) is 18.2. The molecular formula is C23H26O7S. The summed E-state index contributed by atoms with van der Waals surface area (Å²) in [4.78, 5) is 23.9. The van der Waals surface area contributed by atoms with Crippen LogP contribution < -0.4 is 0 Å². The molecule has 1 aliphatic heterocycles. The van der Waals surface area contributed by atoms with Gasteiger partial charge in [-0.25, -0.2) is 23.0 Å². The van der Waals surface area contributed by atoms with E-state index in [1.807, 2.05) is 0 Å². The van der Waals surface area contributed by atoms with E-state index in [9.17, 15) is 18.3 Å². The SMILES string of the molecule is CC1(O)C2CC(C[C@H]1OC(=O)c1ccccc1)[C@](C)(CS(=O)(=O)c1ccccc1)OO2. The first kappa shape index (κ1) is 22.0. The van der Waals surface area contributed by atoms with Crippen molar-refractivity contribution in [3.05, 3.63) is 66.2 Å².